The van der Waals surface area contributed by atoms with Crippen molar-refractivity contribution in [3.63, 3.8) is 0 Å². The van der Waals surface area contributed by atoms with Crippen LogP contribution in [0.25, 0.3) is 0 Å². The first-order valence-corrected chi connectivity index (χ1v) is 7.39. The highest BCUT2D eigenvalue weighted by Gasteiger charge is 2.34. The highest BCUT2D eigenvalue weighted by molar-refractivity contribution is 7.89. The topological polar surface area (TPSA) is 131 Å². The van der Waals surface area contributed by atoms with Crippen molar-refractivity contribution in [2.75, 3.05) is 13.1 Å². The van der Waals surface area contributed by atoms with E-state index in [2.05, 4.69) is 0 Å². The van der Waals surface area contributed by atoms with Crippen LogP contribution in [0.5, 0.6) is 0 Å². The van der Waals surface area contributed by atoms with E-state index in [9.17, 15) is 18.0 Å². The average Bonchev–Trinajstić information content (AvgIpc) is 2.89. The van der Waals surface area contributed by atoms with Crippen LogP contribution < -0.4 is 5.73 Å². The van der Waals surface area contributed by atoms with Gasteiger partial charge in [-0.25, -0.2) is 13.2 Å². The molecule has 2 heterocycles. The van der Waals surface area contributed by atoms with Gasteiger partial charge in [-0.2, -0.15) is 4.31 Å². The number of sulfonamides is 1. The monoisotopic (exact) mass is 302 g/mol. The molecule has 0 aromatic carbocycles. The number of nitrogens with zero attached hydrogens (tertiary/aromatic N) is 1. The minimum atomic E-state index is -3.95. The van der Waals surface area contributed by atoms with E-state index in [1.165, 1.54) is 0 Å². The Kier molecular flexibility index (Phi) is 3.82. The molecular weight excluding hydrogens is 288 g/mol. The molecule has 9 heteroatoms. The Morgan fingerprint density at radius 2 is 2.10 bits per heavy atom. The van der Waals surface area contributed by atoms with Crippen LogP contribution in [0.3, 0.4) is 0 Å². The molecule has 1 amide bonds. The lowest BCUT2D eigenvalue weighted by Crippen LogP contribution is -2.43. The molecule has 20 heavy (non-hydrogen) atoms. The number of carbonyl (C=O) groups is 2. The number of aromatic carboxylic acids is 1. The minimum absolute atomic E-state index is 0.0131. The van der Waals surface area contributed by atoms with Crippen molar-refractivity contribution >= 4 is 21.9 Å². The first kappa shape index (κ1) is 14.5. The lowest BCUT2D eigenvalue weighted by molar-refractivity contribution is -0.122. The van der Waals surface area contributed by atoms with Crippen LogP contribution in [0.2, 0.25) is 0 Å². The second-order valence-corrected chi connectivity index (χ2v) is 6.40. The number of furan rings is 1. The first-order chi connectivity index (χ1) is 9.32. The molecule has 2 rings (SSSR count). The SMILES string of the molecule is NC(=O)C1CCCN(S(=O)(=O)c2ccc(C(=O)O)o2)C1. The summed E-state index contributed by atoms with van der Waals surface area (Å²) >= 11 is 0. The second-order valence-electron chi connectivity index (χ2n) is 4.53. The summed E-state index contributed by atoms with van der Waals surface area (Å²) in [7, 11) is -3.95. The molecule has 0 saturated carbocycles. The van der Waals surface area contributed by atoms with Gasteiger partial charge in [-0.15, -0.1) is 0 Å². The maximum atomic E-state index is 12.3. The molecule has 1 atom stereocenters. The van der Waals surface area contributed by atoms with Gasteiger partial charge >= 0.3 is 5.97 Å². The quantitative estimate of drug-likeness (QED) is 0.796. The zero-order valence-corrected chi connectivity index (χ0v) is 11.3. The van der Waals surface area contributed by atoms with Crippen molar-refractivity contribution in [1.29, 1.82) is 0 Å². The molecule has 3 N–H and O–H groups in total. The van der Waals surface area contributed by atoms with E-state index in [1.807, 2.05) is 0 Å². The number of carbonyl (C=O) groups excluding carboxylic acids is 1. The largest absolute Gasteiger partial charge is 0.475 e. The number of amides is 1. The summed E-state index contributed by atoms with van der Waals surface area (Å²) in [6.07, 6.45) is 1.05. The predicted molar refractivity (Wildman–Crippen MR) is 66.3 cm³/mol. The number of primary amides is 1. The summed E-state index contributed by atoms with van der Waals surface area (Å²) in [6.45, 7) is 0.232. The van der Waals surface area contributed by atoms with Gasteiger partial charge in [-0.3, -0.25) is 4.79 Å². The Balaban J connectivity index is 2.25. The summed E-state index contributed by atoms with van der Waals surface area (Å²) < 4.78 is 30.5. The standard InChI is InChI=1S/C11H14N2O6S/c12-10(14)7-2-1-5-13(6-7)20(17,18)9-4-3-8(19-9)11(15)16/h3-4,7H,1-2,5-6H2,(H2,12,14)(H,15,16). The molecule has 0 bridgehead atoms. The van der Waals surface area contributed by atoms with Crippen LogP contribution in [-0.2, 0) is 14.8 Å². The van der Waals surface area contributed by atoms with E-state index >= 15 is 0 Å². The van der Waals surface area contributed by atoms with Gasteiger partial charge in [0, 0.05) is 13.1 Å². The van der Waals surface area contributed by atoms with Crippen molar-refractivity contribution in [1.82, 2.24) is 4.31 Å². The molecule has 1 saturated heterocycles. The van der Waals surface area contributed by atoms with Gasteiger partial charge in [0.05, 0.1) is 5.92 Å². The van der Waals surface area contributed by atoms with E-state index in [-0.39, 0.29) is 13.1 Å². The maximum absolute atomic E-state index is 12.3. The predicted octanol–water partition coefficient (Wildman–Crippen LogP) is -0.136. The van der Waals surface area contributed by atoms with Gasteiger partial charge in [0.25, 0.3) is 10.0 Å². The lowest BCUT2D eigenvalue weighted by Gasteiger charge is -2.29. The van der Waals surface area contributed by atoms with E-state index in [0.29, 0.717) is 12.8 Å². The zero-order valence-electron chi connectivity index (χ0n) is 10.5. The fourth-order valence-electron chi connectivity index (χ4n) is 2.09. The minimum Gasteiger partial charge on any atom is -0.475 e. The Morgan fingerprint density at radius 3 is 2.65 bits per heavy atom. The van der Waals surface area contributed by atoms with Crippen molar-refractivity contribution < 1.29 is 27.5 Å². The Hall–Kier alpha value is -1.87. The van der Waals surface area contributed by atoms with Crippen molar-refractivity contribution in [3.8, 4) is 0 Å². The number of nitrogens with two attached hydrogens (primary N) is 1. The molecule has 0 aliphatic carbocycles. The summed E-state index contributed by atoms with van der Waals surface area (Å²) in [4.78, 5) is 21.9. The van der Waals surface area contributed by atoms with E-state index in [1.54, 1.807) is 0 Å². The smallest absolute Gasteiger partial charge is 0.371 e. The van der Waals surface area contributed by atoms with Crippen LogP contribution in [0.4, 0.5) is 0 Å². The molecule has 0 radical (unpaired) electrons. The first-order valence-electron chi connectivity index (χ1n) is 5.95. The van der Waals surface area contributed by atoms with Crippen LogP contribution in [0.1, 0.15) is 23.4 Å². The van der Waals surface area contributed by atoms with Crippen LogP contribution >= 0.6 is 0 Å². The van der Waals surface area contributed by atoms with Gasteiger partial charge in [0.1, 0.15) is 0 Å². The van der Waals surface area contributed by atoms with Gasteiger partial charge in [0.15, 0.2) is 0 Å². The molecule has 1 aliphatic heterocycles. The number of hydrogen-bond acceptors (Lipinski definition) is 5. The van der Waals surface area contributed by atoms with E-state index < -0.39 is 38.7 Å². The van der Waals surface area contributed by atoms with Crippen LogP contribution in [0, 0.1) is 5.92 Å². The maximum Gasteiger partial charge on any atom is 0.371 e. The highest BCUT2D eigenvalue weighted by Crippen LogP contribution is 2.24. The third-order valence-corrected chi connectivity index (χ3v) is 4.91. The van der Waals surface area contributed by atoms with Crippen molar-refractivity contribution in [2.24, 2.45) is 11.7 Å². The van der Waals surface area contributed by atoms with Crippen molar-refractivity contribution in [3.05, 3.63) is 17.9 Å². The second kappa shape index (κ2) is 5.25. The van der Waals surface area contributed by atoms with Gasteiger partial charge in [-0.1, -0.05) is 0 Å². The molecule has 1 unspecified atom stereocenters. The normalized spacial score (nSPS) is 20.7. The van der Waals surface area contributed by atoms with Gasteiger partial charge in [0.2, 0.25) is 16.8 Å². The summed E-state index contributed by atoms with van der Waals surface area (Å²) in [5.41, 5.74) is 5.19. The number of carboxylic acids is 1. The summed E-state index contributed by atoms with van der Waals surface area (Å²) in [6, 6.07) is 2.16. The molecule has 8 nitrogen and oxygen atoms in total. The van der Waals surface area contributed by atoms with Gasteiger partial charge < -0.3 is 15.3 Å². The van der Waals surface area contributed by atoms with Gasteiger partial charge in [-0.05, 0) is 25.0 Å². The molecule has 1 fully saturated rings. The number of rotatable bonds is 4. The molecule has 1 aromatic heterocycles. The molecular formula is C11H14N2O6S. The molecule has 0 spiro atoms. The highest BCUT2D eigenvalue weighted by atomic mass is 32.2. The Bertz CT molecular complexity index is 635. The zero-order chi connectivity index (χ0) is 14.9. The third-order valence-electron chi connectivity index (χ3n) is 3.17. The number of carboxylic acid groups (broad SMARTS) is 1. The fourth-order valence-corrected chi connectivity index (χ4v) is 3.53. The van der Waals surface area contributed by atoms with Crippen LogP contribution in [0.15, 0.2) is 21.6 Å². The van der Waals surface area contributed by atoms with E-state index in [4.69, 9.17) is 15.3 Å². The van der Waals surface area contributed by atoms with Crippen LogP contribution in [-0.4, -0.2) is 42.8 Å². The molecule has 1 aliphatic rings. The van der Waals surface area contributed by atoms with E-state index in [0.717, 1.165) is 16.4 Å². The number of piperidine rings is 1. The van der Waals surface area contributed by atoms with Crippen molar-refractivity contribution in [2.45, 2.75) is 17.9 Å². The Morgan fingerprint density at radius 1 is 1.40 bits per heavy atom. The molecule has 1 aromatic rings. The summed E-state index contributed by atoms with van der Waals surface area (Å²) in [5.74, 6) is -2.88. The Labute approximate surface area is 115 Å². The fraction of sp³-hybridized carbons (Fsp3) is 0.455. The lowest BCUT2D eigenvalue weighted by atomic mass is 9.99. The molecule has 110 valence electrons. The average molecular weight is 302 g/mol. The third kappa shape index (κ3) is 2.68. The number of hydrogen-bond donors (Lipinski definition) is 2. The summed E-state index contributed by atoms with van der Waals surface area (Å²) in [5, 5.41) is 8.28.